The molecule has 0 aliphatic heterocycles. The highest BCUT2D eigenvalue weighted by atomic mass is 35.5. The van der Waals surface area contributed by atoms with Crippen LogP contribution in [0.5, 0.6) is 0 Å². The van der Waals surface area contributed by atoms with E-state index in [0.29, 0.717) is 16.8 Å². The number of halogens is 1. The second-order valence-electron chi connectivity index (χ2n) is 4.53. The van der Waals surface area contributed by atoms with Crippen molar-refractivity contribution in [1.82, 2.24) is 20.1 Å². The topological polar surface area (TPSA) is 66.0 Å². The van der Waals surface area contributed by atoms with E-state index in [0.717, 1.165) is 18.8 Å². The first-order valence-corrected chi connectivity index (χ1v) is 6.62. The maximum Gasteiger partial charge on any atom is 0.244 e. The average Bonchev–Trinajstić information content (AvgIpc) is 2.41. The molecule has 1 heterocycles. The molecule has 0 spiro atoms. The fourth-order valence-corrected chi connectivity index (χ4v) is 1.64. The number of aromatic nitrogens is 3. The molecule has 2 N–H and O–H groups in total. The molecule has 0 bridgehead atoms. The van der Waals surface area contributed by atoms with E-state index >= 15 is 0 Å². The Morgan fingerprint density at radius 2 is 1.95 bits per heavy atom. The standard InChI is InChI=1S/C13H17ClN6/c1-20(2)8-7-15-13-18-12(9-16-19-13)17-11-5-3-10(14)4-6-11/h3-6,9H,7-8H2,1-2H3,(H2,15,17,18,19). The largest absolute Gasteiger partial charge is 0.352 e. The summed E-state index contributed by atoms with van der Waals surface area (Å²) in [5.74, 6) is 1.14. The van der Waals surface area contributed by atoms with Crippen molar-refractivity contribution in [3.8, 4) is 0 Å². The van der Waals surface area contributed by atoms with Crippen molar-refractivity contribution < 1.29 is 0 Å². The number of hydrogen-bond donors (Lipinski definition) is 2. The molecule has 0 aliphatic carbocycles. The highest BCUT2D eigenvalue weighted by molar-refractivity contribution is 6.30. The molecular formula is C13H17ClN6. The number of rotatable bonds is 6. The Labute approximate surface area is 123 Å². The van der Waals surface area contributed by atoms with Gasteiger partial charge in [0, 0.05) is 23.8 Å². The number of nitrogens with one attached hydrogen (secondary N) is 2. The molecule has 2 aromatic rings. The van der Waals surface area contributed by atoms with Crippen LogP contribution in [-0.4, -0.2) is 47.3 Å². The van der Waals surface area contributed by atoms with Gasteiger partial charge in [0.2, 0.25) is 5.95 Å². The number of benzene rings is 1. The number of nitrogens with zero attached hydrogens (tertiary/aromatic N) is 4. The SMILES string of the molecule is CN(C)CCNc1nncc(Nc2ccc(Cl)cc2)n1. The van der Waals surface area contributed by atoms with Crippen molar-refractivity contribution in [1.29, 1.82) is 0 Å². The Kier molecular flexibility index (Phi) is 5.09. The number of likely N-dealkylation sites (N-methyl/N-ethyl adjacent to an activating group) is 1. The van der Waals surface area contributed by atoms with E-state index in [1.54, 1.807) is 6.20 Å². The minimum Gasteiger partial charge on any atom is -0.352 e. The van der Waals surface area contributed by atoms with Crippen LogP contribution < -0.4 is 10.6 Å². The molecule has 6 nitrogen and oxygen atoms in total. The van der Waals surface area contributed by atoms with Crippen LogP contribution in [0.2, 0.25) is 5.02 Å². The molecule has 0 saturated heterocycles. The zero-order chi connectivity index (χ0) is 14.4. The third-order valence-electron chi connectivity index (χ3n) is 2.52. The lowest BCUT2D eigenvalue weighted by atomic mass is 10.3. The normalized spacial score (nSPS) is 10.6. The fraction of sp³-hybridized carbons (Fsp3) is 0.308. The van der Waals surface area contributed by atoms with E-state index in [4.69, 9.17) is 11.6 Å². The number of hydrogen-bond acceptors (Lipinski definition) is 6. The highest BCUT2D eigenvalue weighted by Crippen LogP contribution is 2.17. The molecule has 1 aromatic carbocycles. The molecule has 7 heteroatoms. The first-order chi connectivity index (χ1) is 9.63. The van der Waals surface area contributed by atoms with Crippen LogP contribution >= 0.6 is 11.6 Å². The molecule has 106 valence electrons. The summed E-state index contributed by atoms with van der Waals surface area (Å²) in [6, 6.07) is 7.39. The van der Waals surface area contributed by atoms with Gasteiger partial charge in [-0.2, -0.15) is 10.1 Å². The average molecular weight is 293 g/mol. The van der Waals surface area contributed by atoms with Gasteiger partial charge >= 0.3 is 0 Å². The Bertz CT molecular complexity index is 543. The lowest BCUT2D eigenvalue weighted by Crippen LogP contribution is -2.21. The van der Waals surface area contributed by atoms with E-state index < -0.39 is 0 Å². The molecule has 1 aromatic heterocycles. The summed E-state index contributed by atoms with van der Waals surface area (Å²) < 4.78 is 0. The van der Waals surface area contributed by atoms with Crippen molar-refractivity contribution >= 4 is 29.1 Å². The van der Waals surface area contributed by atoms with Crippen molar-refractivity contribution in [2.75, 3.05) is 37.8 Å². The van der Waals surface area contributed by atoms with Gasteiger partial charge in [-0.05, 0) is 38.4 Å². The van der Waals surface area contributed by atoms with Crippen molar-refractivity contribution in [3.05, 3.63) is 35.5 Å². The van der Waals surface area contributed by atoms with Crippen LogP contribution in [-0.2, 0) is 0 Å². The third-order valence-corrected chi connectivity index (χ3v) is 2.77. The second kappa shape index (κ2) is 7.02. The van der Waals surface area contributed by atoms with Crippen LogP contribution in [0.15, 0.2) is 30.5 Å². The van der Waals surface area contributed by atoms with Crippen molar-refractivity contribution in [2.45, 2.75) is 0 Å². The molecule has 2 rings (SSSR count). The lowest BCUT2D eigenvalue weighted by Gasteiger charge is -2.10. The van der Waals surface area contributed by atoms with E-state index in [1.807, 2.05) is 38.4 Å². The first-order valence-electron chi connectivity index (χ1n) is 6.24. The van der Waals surface area contributed by atoms with E-state index in [1.165, 1.54) is 0 Å². The van der Waals surface area contributed by atoms with Gasteiger partial charge < -0.3 is 15.5 Å². The maximum atomic E-state index is 5.84. The molecule has 0 saturated carbocycles. The summed E-state index contributed by atoms with van der Waals surface area (Å²) in [5, 5.41) is 14.8. The zero-order valence-corrected chi connectivity index (χ0v) is 12.2. The van der Waals surface area contributed by atoms with Gasteiger partial charge in [-0.1, -0.05) is 11.6 Å². The molecule has 20 heavy (non-hydrogen) atoms. The Morgan fingerprint density at radius 1 is 1.20 bits per heavy atom. The minimum atomic E-state index is 0.505. The second-order valence-corrected chi connectivity index (χ2v) is 4.96. The molecule has 0 atom stereocenters. The molecule has 0 aliphatic rings. The van der Waals surface area contributed by atoms with Gasteiger partial charge in [-0.15, -0.1) is 5.10 Å². The predicted molar refractivity (Wildman–Crippen MR) is 81.6 cm³/mol. The minimum absolute atomic E-state index is 0.505. The summed E-state index contributed by atoms with van der Waals surface area (Å²) in [4.78, 5) is 6.42. The van der Waals surface area contributed by atoms with Gasteiger partial charge in [0.25, 0.3) is 0 Å². The summed E-state index contributed by atoms with van der Waals surface area (Å²) in [7, 11) is 4.03. The molecule has 0 fully saturated rings. The van der Waals surface area contributed by atoms with Crippen LogP contribution in [0.3, 0.4) is 0 Å². The number of anilines is 3. The summed E-state index contributed by atoms with van der Waals surface area (Å²) >= 11 is 5.84. The van der Waals surface area contributed by atoms with Crippen LogP contribution in [0.1, 0.15) is 0 Å². The zero-order valence-electron chi connectivity index (χ0n) is 11.5. The summed E-state index contributed by atoms with van der Waals surface area (Å²) in [5.41, 5.74) is 0.897. The van der Waals surface area contributed by atoms with Crippen LogP contribution in [0, 0.1) is 0 Å². The predicted octanol–water partition coefficient (Wildman–Crippen LogP) is 2.24. The van der Waals surface area contributed by atoms with Gasteiger partial charge in [-0.25, -0.2) is 0 Å². The highest BCUT2D eigenvalue weighted by Gasteiger charge is 2.01. The monoisotopic (exact) mass is 292 g/mol. The molecular weight excluding hydrogens is 276 g/mol. The summed E-state index contributed by atoms with van der Waals surface area (Å²) in [6.07, 6.45) is 1.58. The van der Waals surface area contributed by atoms with Crippen LogP contribution in [0.4, 0.5) is 17.5 Å². The Morgan fingerprint density at radius 3 is 2.65 bits per heavy atom. The van der Waals surface area contributed by atoms with Gasteiger partial charge in [0.1, 0.15) is 0 Å². The van der Waals surface area contributed by atoms with Gasteiger partial charge in [0.05, 0.1) is 6.20 Å². The smallest absolute Gasteiger partial charge is 0.244 e. The van der Waals surface area contributed by atoms with Crippen molar-refractivity contribution in [2.24, 2.45) is 0 Å². The quantitative estimate of drug-likeness (QED) is 0.851. The van der Waals surface area contributed by atoms with Gasteiger partial charge in [-0.3, -0.25) is 0 Å². The lowest BCUT2D eigenvalue weighted by molar-refractivity contribution is 0.425. The van der Waals surface area contributed by atoms with Gasteiger partial charge in [0.15, 0.2) is 5.82 Å². The van der Waals surface area contributed by atoms with Crippen LogP contribution in [0.25, 0.3) is 0 Å². The molecule has 0 unspecified atom stereocenters. The van der Waals surface area contributed by atoms with E-state index in [9.17, 15) is 0 Å². The van der Waals surface area contributed by atoms with Crippen molar-refractivity contribution in [3.63, 3.8) is 0 Å². The molecule has 0 radical (unpaired) electrons. The first kappa shape index (κ1) is 14.5. The van der Waals surface area contributed by atoms with E-state index in [2.05, 4.69) is 30.7 Å². The maximum absolute atomic E-state index is 5.84. The Balaban J connectivity index is 1.96. The third kappa shape index (κ3) is 4.64. The molecule has 0 amide bonds. The van der Waals surface area contributed by atoms with E-state index in [-0.39, 0.29) is 0 Å². The Hall–Kier alpha value is -1.92. The fourth-order valence-electron chi connectivity index (χ4n) is 1.51. The summed E-state index contributed by atoms with van der Waals surface area (Å²) in [6.45, 7) is 1.66.